The number of aromatic amines is 1. The standard InChI is InChI=1S/C15H19F2N3S/c1-10(2)7-18-8-12-9-19-20-14(12)11-3-5-13(6-4-11)21-15(16)17/h3-6,9-10,15,18H,7-8H2,1-2H3,(H,19,20). The molecule has 0 fully saturated rings. The van der Waals surface area contributed by atoms with Crippen molar-refractivity contribution in [1.29, 1.82) is 0 Å². The number of H-pyrrole nitrogens is 1. The summed E-state index contributed by atoms with van der Waals surface area (Å²) in [6.45, 7) is 5.98. The summed E-state index contributed by atoms with van der Waals surface area (Å²) in [6, 6.07) is 7.09. The van der Waals surface area contributed by atoms with E-state index in [-0.39, 0.29) is 0 Å². The van der Waals surface area contributed by atoms with Crippen LogP contribution in [0.5, 0.6) is 0 Å². The summed E-state index contributed by atoms with van der Waals surface area (Å²) in [7, 11) is 0. The van der Waals surface area contributed by atoms with Crippen LogP contribution < -0.4 is 5.32 Å². The average molecular weight is 311 g/mol. The predicted molar refractivity (Wildman–Crippen MR) is 82.4 cm³/mol. The van der Waals surface area contributed by atoms with Crippen molar-refractivity contribution in [2.45, 2.75) is 31.0 Å². The van der Waals surface area contributed by atoms with Gasteiger partial charge in [0, 0.05) is 17.0 Å². The first-order chi connectivity index (χ1) is 10.1. The van der Waals surface area contributed by atoms with Crippen LogP contribution in [-0.2, 0) is 6.54 Å². The highest BCUT2D eigenvalue weighted by Crippen LogP contribution is 2.28. The van der Waals surface area contributed by atoms with Crippen molar-refractivity contribution < 1.29 is 8.78 Å². The SMILES string of the molecule is CC(C)CNCc1cn[nH]c1-c1ccc(SC(F)F)cc1. The van der Waals surface area contributed by atoms with Crippen LogP contribution in [0.2, 0.25) is 0 Å². The second-order valence-corrected chi connectivity index (χ2v) is 6.26. The molecular weight excluding hydrogens is 292 g/mol. The van der Waals surface area contributed by atoms with Gasteiger partial charge in [0.05, 0.1) is 11.9 Å². The Morgan fingerprint density at radius 1 is 1.24 bits per heavy atom. The Balaban J connectivity index is 2.06. The van der Waals surface area contributed by atoms with Crippen molar-refractivity contribution >= 4 is 11.8 Å². The third-order valence-corrected chi connectivity index (χ3v) is 3.68. The van der Waals surface area contributed by atoms with E-state index >= 15 is 0 Å². The zero-order valence-electron chi connectivity index (χ0n) is 12.1. The third-order valence-electron chi connectivity index (χ3n) is 2.95. The largest absolute Gasteiger partial charge is 0.312 e. The van der Waals surface area contributed by atoms with Crippen LogP contribution in [-0.4, -0.2) is 22.5 Å². The smallest absolute Gasteiger partial charge is 0.288 e. The Morgan fingerprint density at radius 3 is 2.57 bits per heavy atom. The van der Waals surface area contributed by atoms with E-state index in [0.717, 1.165) is 29.9 Å². The Kier molecular flexibility index (Phi) is 5.76. The van der Waals surface area contributed by atoms with Crippen LogP contribution in [0.25, 0.3) is 11.3 Å². The molecule has 1 aromatic heterocycles. The van der Waals surface area contributed by atoms with Gasteiger partial charge in [-0.15, -0.1) is 0 Å². The van der Waals surface area contributed by atoms with Crippen LogP contribution >= 0.6 is 11.8 Å². The molecule has 1 heterocycles. The molecular formula is C15H19F2N3S. The van der Waals surface area contributed by atoms with E-state index in [1.54, 1.807) is 18.3 Å². The molecule has 0 spiro atoms. The van der Waals surface area contributed by atoms with Crippen LogP contribution in [0.15, 0.2) is 35.4 Å². The molecule has 0 saturated carbocycles. The van der Waals surface area contributed by atoms with Gasteiger partial charge in [-0.25, -0.2) is 0 Å². The van der Waals surface area contributed by atoms with Gasteiger partial charge in [0.1, 0.15) is 0 Å². The monoisotopic (exact) mass is 311 g/mol. The van der Waals surface area contributed by atoms with Crippen molar-refractivity contribution in [3.05, 3.63) is 36.0 Å². The predicted octanol–water partition coefficient (Wildman–Crippen LogP) is 4.14. The molecule has 0 aliphatic carbocycles. The van der Waals surface area contributed by atoms with Crippen molar-refractivity contribution in [3.8, 4) is 11.3 Å². The molecule has 21 heavy (non-hydrogen) atoms. The minimum atomic E-state index is -2.39. The molecule has 0 aliphatic rings. The summed E-state index contributed by atoms with van der Waals surface area (Å²) in [6.07, 6.45) is 1.80. The molecule has 0 saturated heterocycles. The molecule has 114 valence electrons. The first-order valence-electron chi connectivity index (χ1n) is 6.84. The number of nitrogens with zero attached hydrogens (tertiary/aromatic N) is 1. The number of hydrogen-bond acceptors (Lipinski definition) is 3. The number of aromatic nitrogens is 2. The number of alkyl halides is 2. The number of halogens is 2. The molecule has 2 N–H and O–H groups in total. The van der Waals surface area contributed by atoms with E-state index in [2.05, 4.69) is 29.4 Å². The summed E-state index contributed by atoms with van der Waals surface area (Å²) in [5.74, 6) is -1.80. The minimum Gasteiger partial charge on any atom is -0.312 e. The maximum Gasteiger partial charge on any atom is 0.288 e. The number of nitrogens with one attached hydrogen (secondary N) is 2. The van der Waals surface area contributed by atoms with Gasteiger partial charge < -0.3 is 5.32 Å². The van der Waals surface area contributed by atoms with Gasteiger partial charge in [-0.3, -0.25) is 5.10 Å². The van der Waals surface area contributed by atoms with Gasteiger partial charge in [0.2, 0.25) is 0 Å². The van der Waals surface area contributed by atoms with E-state index in [1.165, 1.54) is 0 Å². The summed E-state index contributed by atoms with van der Waals surface area (Å²) >= 11 is 0.554. The molecule has 2 aromatic rings. The van der Waals surface area contributed by atoms with Gasteiger partial charge in [0.15, 0.2) is 0 Å². The molecule has 0 radical (unpaired) electrons. The maximum absolute atomic E-state index is 12.3. The third kappa shape index (κ3) is 4.82. The number of thioether (sulfide) groups is 1. The van der Waals surface area contributed by atoms with Gasteiger partial charge in [-0.1, -0.05) is 37.7 Å². The quantitative estimate of drug-likeness (QED) is 0.755. The summed E-state index contributed by atoms with van der Waals surface area (Å²) < 4.78 is 24.6. The van der Waals surface area contributed by atoms with Crippen LogP contribution in [0.4, 0.5) is 8.78 Å². The lowest BCUT2D eigenvalue weighted by Gasteiger charge is -2.08. The number of hydrogen-bond donors (Lipinski definition) is 2. The van der Waals surface area contributed by atoms with Crippen LogP contribution in [0, 0.1) is 5.92 Å². The highest BCUT2D eigenvalue weighted by atomic mass is 32.2. The fourth-order valence-corrected chi connectivity index (χ4v) is 2.49. The second-order valence-electron chi connectivity index (χ2n) is 5.20. The van der Waals surface area contributed by atoms with Crippen molar-refractivity contribution in [3.63, 3.8) is 0 Å². The van der Waals surface area contributed by atoms with Gasteiger partial charge in [0.25, 0.3) is 5.76 Å². The minimum absolute atomic E-state index is 0.554. The summed E-state index contributed by atoms with van der Waals surface area (Å²) in [4.78, 5) is 0.563. The van der Waals surface area contributed by atoms with E-state index in [4.69, 9.17) is 0 Å². The number of benzene rings is 1. The van der Waals surface area contributed by atoms with E-state index in [1.807, 2.05) is 12.1 Å². The Labute approximate surface area is 127 Å². The van der Waals surface area contributed by atoms with Gasteiger partial charge in [-0.2, -0.15) is 13.9 Å². The normalized spacial score (nSPS) is 11.5. The van der Waals surface area contributed by atoms with Gasteiger partial charge in [-0.05, 0) is 30.2 Å². The molecule has 3 nitrogen and oxygen atoms in total. The molecule has 0 amide bonds. The molecule has 1 aromatic carbocycles. The Morgan fingerprint density at radius 2 is 1.95 bits per heavy atom. The lowest BCUT2D eigenvalue weighted by molar-refractivity contribution is 0.252. The van der Waals surface area contributed by atoms with Crippen LogP contribution in [0.3, 0.4) is 0 Å². The van der Waals surface area contributed by atoms with Crippen LogP contribution in [0.1, 0.15) is 19.4 Å². The van der Waals surface area contributed by atoms with E-state index < -0.39 is 5.76 Å². The molecule has 2 rings (SSSR count). The zero-order valence-corrected chi connectivity index (χ0v) is 12.9. The number of rotatable bonds is 7. The van der Waals surface area contributed by atoms with E-state index in [9.17, 15) is 8.78 Å². The Bertz CT molecular complexity index is 552. The maximum atomic E-state index is 12.3. The van der Waals surface area contributed by atoms with Crippen molar-refractivity contribution in [2.75, 3.05) is 6.54 Å². The molecule has 0 atom stereocenters. The second kappa shape index (κ2) is 7.56. The molecule has 6 heteroatoms. The topological polar surface area (TPSA) is 40.7 Å². The summed E-state index contributed by atoms with van der Waals surface area (Å²) in [5.41, 5.74) is 2.96. The average Bonchev–Trinajstić information content (AvgIpc) is 2.87. The Hall–Kier alpha value is -1.40. The highest BCUT2D eigenvalue weighted by molar-refractivity contribution is 7.99. The summed E-state index contributed by atoms with van der Waals surface area (Å²) in [5, 5.41) is 10.4. The lowest BCUT2D eigenvalue weighted by atomic mass is 10.1. The highest BCUT2D eigenvalue weighted by Gasteiger charge is 2.09. The first-order valence-corrected chi connectivity index (χ1v) is 7.72. The fourth-order valence-electron chi connectivity index (χ4n) is 1.99. The van der Waals surface area contributed by atoms with E-state index in [0.29, 0.717) is 22.6 Å². The lowest BCUT2D eigenvalue weighted by Crippen LogP contribution is -2.19. The van der Waals surface area contributed by atoms with Crippen molar-refractivity contribution in [1.82, 2.24) is 15.5 Å². The molecule has 0 unspecified atom stereocenters. The fraction of sp³-hybridized carbons (Fsp3) is 0.400. The molecule has 0 aliphatic heterocycles. The first kappa shape index (κ1) is 16.0. The molecule has 0 bridgehead atoms. The zero-order chi connectivity index (χ0) is 15.2. The van der Waals surface area contributed by atoms with Gasteiger partial charge >= 0.3 is 0 Å². The van der Waals surface area contributed by atoms with Crippen molar-refractivity contribution in [2.24, 2.45) is 5.92 Å².